The third-order valence-corrected chi connectivity index (χ3v) is 3.12. The van der Waals surface area contributed by atoms with Crippen molar-refractivity contribution in [1.29, 1.82) is 0 Å². The zero-order valence-corrected chi connectivity index (χ0v) is 12.0. The smallest absolute Gasteiger partial charge is 0.163 e. The summed E-state index contributed by atoms with van der Waals surface area (Å²) in [6, 6.07) is 5.81. The molecule has 2 rings (SSSR count). The highest BCUT2D eigenvalue weighted by molar-refractivity contribution is 5.98. The molecule has 0 bridgehead atoms. The maximum absolute atomic E-state index is 11.8. The summed E-state index contributed by atoms with van der Waals surface area (Å²) in [5.74, 6) is 0.990. The average molecular weight is 262 g/mol. The van der Waals surface area contributed by atoms with E-state index in [1.165, 1.54) is 0 Å². The van der Waals surface area contributed by atoms with Crippen LogP contribution in [0.1, 0.15) is 49.5 Å². The maximum atomic E-state index is 11.8. The third kappa shape index (κ3) is 4.06. The molecule has 0 heterocycles. The number of carbonyl (C=O) groups excluding carboxylic acids is 1. The molecule has 104 valence electrons. The Morgan fingerprint density at radius 3 is 2.68 bits per heavy atom. The minimum atomic E-state index is -0.144. The van der Waals surface area contributed by atoms with Gasteiger partial charge in [-0.3, -0.25) is 4.79 Å². The fourth-order valence-corrected chi connectivity index (χ4v) is 2.20. The average Bonchev–Trinajstić information content (AvgIpc) is 2.34. The summed E-state index contributed by atoms with van der Waals surface area (Å²) in [4.78, 5) is 11.8. The molecule has 0 saturated heterocycles. The zero-order valence-electron chi connectivity index (χ0n) is 12.0. The van der Waals surface area contributed by atoms with Crippen LogP contribution in [0.5, 0.6) is 5.75 Å². The quantitative estimate of drug-likeness (QED) is 0.780. The number of ether oxygens (including phenoxy) is 2. The van der Waals surface area contributed by atoms with Gasteiger partial charge in [-0.15, -0.1) is 0 Å². The Morgan fingerprint density at radius 1 is 1.16 bits per heavy atom. The van der Waals surface area contributed by atoms with Gasteiger partial charge in [0, 0.05) is 12.0 Å². The minimum Gasteiger partial charge on any atom is -0.491 e. The maximum Gasteiger partial charge on any atom is 0.163 e. The van der Waals surface area contributed by atoms with Crippen LogP contribution in [-0.2, 0) is 11.2 Å². The molecule has 0 aliphatic heterocycles. The molecular formula is C16H22O3. The van der Waals surface area contributed by atoms with E-state index in [1.54, 1.807) is 0 Å². The summed E-state index contributed by atoms with van der Waals surface area (Å²) in [6.07, 6.45) is 2.61. The molecule has 0 unspecified atom stereocenters. The zero-order chi connectivity index (χ0) is 13.9. The second-order valence-electron chi connectivity index (χ2n) is 5.90. The van der Waals surface area contributed by atoms with Crippen molar-refractivity contribution in [1.82, 2.24) is 0 Å². The van der Waals surface area contributed by atoms with Gasteiger partial charge < -0.3 is 9.47 Å². The van der Waals surface area contributed by atoms with Crippen LogP contribution in [0.15, 0.2) is 18.2 Å². The van der Waals surface area contributed by atoms with E-state index in [1.807, 2.05) is 39.0 Å². The number of hydrogen-bond acceptors (Lipinski definition) is 3. The van der Waals surface area contributed by atoms with Crippen LogP contribution in [0.2, 0.25) is 0 Å². The van der Waals surface area contributed by atoms with Gasteiger partial charge in [-0.25, -0.2) is 0 Å². The Kier molecular flexibility index (Phi) is 4.25. The number of hydrogen-bond donors (Lipinski definition) is 0. The normalized spacial score (nSPS) is 15.2. The number of Topliss-reactive ketones (excluding diaryl/α,β-unsaturated/α-hetero) is 1. The SMILES string of the molecule is CC(C)(C)OCCOc1ccc2c(c1)C(=O)CCC2. The molecule has 0 amide bonds. The molecule has 1 aromatic carbocycles. The van der Waals surface area contributed by atoms with Crippen molar-refractivity contribution < 1.29 is 14.3 Å². The Bertz CT molecular complexity index is 458. The molecule has 3 nitrogen and oxygen atoms in total. The molecular weight excluding hydrogens is 240 g/mol. The Morgan fingerprint density at radius 2 is 1.95 bits per heavy atom. The van der Waals surface area contributed by atoms with Crippen molar-refractivity contribution >= 4 is 5.78 Å². The van der Waals surface area contributed by atoms with Crippen molar-refractivity contribution in [3.05, 3.63) is 29.3 Å². The number of benzene rings is 1. The van der Waals surface area contributed by atoms with Crippen LogP contribution in [0.3, 0.4) is 0 Å². The summed E-state index contributed by atoms with van der Waals surface area (Å²) in [7, 11) is 0. The van der Waals surface area contributed by atoms with E-state index in [-0.39, 0.29) is 11.4 Å². The van der Waals surface area contributed by atoms with E-state index in [0.29, 0.717) is 19.6 Å². The van der Waals surface area contributed by atoms with Gasteiger partial charge in [0.15, 0.2) is 5.78 Å². The van der Waals surface area contributed by atoms with Crippen LogP contribution in [0.4, 0.5) is 0 Å². The van der Waals surface area contributed by atoms with E-state index in [4.69, 9.17) is 9.47 Å². The van der Waals surface area contributed by atoms with E-state index >= 15 is 0 Å². The van der Waals surface area contributed by atoms with Crippen molar-refractivity contribution in [3.8, 4) is 5.75 Å². The molecule has 0 fully saturated rings. The topological polar surface area (TPSA) is 35.5 Å². The summed E-state index contributed by atoms with van der Waals surface area (Å²) in [5, 5.41) is 0. The highest BCUT2D eigenvalue weighted by Gasteiger charge is 2.17. The number of rotatable bonds is 4. The molecule has 0 spiro atoms. The van der Waals surface area contributed by atoms with Gasteiger partial charge in [-0.1, -0.05) is 6.07 Å². The summed E-state index contributed by atoms with van der Waals surface area (Å²) in [5.41, 5.74) is 1.84. The molecule has 0 N–H and O–H groups in total. The number of fused-ring (bicyclic) bond motifs is 1. The first-order valence-corrected chi connectivity index (χ1v) is 6.88. The van der Waals surface area contributed by atoms with Gasteiger partial charge in [0.1, 0.15) is 12.4 Å². The largest absolute Gasteiger partial charge is 0.491 e. The van der Waals surface area contributed by atoms with Crippen LogP contribution < -0.4 is 4.74 Å². The standard InChI is InChI=1S/C16H22O3/c1-16(2,3)19-10-9-18-13-8-7-12-5-4-6-15(17)14(12)11-13/h7-8,11H,4-6,9-10H2,1-3H3. The monoisotopic (exact) mass is 262 g/mol. The van der Waals surface area contributed by atoms with Crippen LogP contribution in [0, 0.1) is 0 Å². The van der Waals surface area contributed by atoms with E-state index in [2.05, 4.69) is 0 Å². The lowest BCUT2D eigenvalue weighted by molar-refractivity contribution is -0.0163. The molecule has 0 atom stereocenters. The van der Waals surface area contributed by atoms with Crippen LogP contribution in [0.25, 0.3) is 0 Å². The lowest BCUT2D eigenvalue weighted by atomic mass is 9.90. The fraction of sp³-hybridized carbons (Fsp3) is 0.562. The highest BCUT2D eigenvalue weighted by Crippen LogP contribution is 2.25. The van der Waals surface area contributed by atoms with Gasteiger partial charge in [-0.2, -0.15) is 0 Å². The lowest BCUT2D eigenvalue weighted by Gasteiger charge is -2.20. The van der Waals surface area contributed by atoms with Crippen LogP contribution >= 0.6 is 0 Å². The summed E-state index contributed by atoms with van der Waals surface area (Å²) >= 11 is 0. The molecule has 1 aromatic rings. The van der Waals surface area contributed by atoms with Gasteiger partial charge in [0.05, 0.1) is 12.2 Å². The predicted octanol–water partition coefficient (Wildman–Crippen LogP) is 3.40. The molecule has 1 aliphatic carbocycles. The molecule has 19 heavy (non-hydrogen) atoms. The van der Waals surface area contributed by atoms with E-state index < -0.39 is 0 Å². The second kappa shape index (κ2) is 5.74. The van der Waals surface area contributed by atoms with Gasteiger partial charge in [0.2, 0.25) is 0 Å². The Labute approximate surface area is 114 Å². The Balaban J connectivity index is 1.91. The first-order chi connectivity index (χ1) is 8.96. The van der Waals surface area contributed by atoms with Gasteiger partial charge in [-0.05, 0) is 51.3 Å². The first kappa shape index (κ1) is 14.1. The minimum absolute atomic E-state index is 0.144. The fourth-order valence-electron chi connectivity index (χ4n) is 2.20. The first-order valence-electron chi connectivity index (χ1n) is 6.88. The van der Waals surface area contributed by atoms with Crippen molar-refractivity contribution in [2.24, 2.45) is 0 Å². The summed E-state index contributed by atoms with van der Waals surface area (Å²) in [6.45, 7) is 7.11. The predicted molar refractivity (Wildman–Crippen MR) is 74.9 cm³/mol. The number of ketones is 1. The molecule has 0 radical (unpaired) electrons. The van der Waals surface area contributed by atoms with E-state index in [0.717, 1.165) is 29.7 Å². The molecule has 0 saturated carbocycles. The Hall–Kier alpha value is -1.35. The second-order valence-corrected chi connectivity index (χ2v) is 5.90. The van der Waals surface area contributed by atoms with Crippen molar-refractivity contribution in [2.75, 3.05) is 13.2 Å². The highest BCUT2D eigenvalue weighted by atomic mass is 16.5. The van der Waals surface area contributed by atoms with Gasteiger partial charge in [0.25, 0.3) is 0 Å². The molecule has 3 heteroatoms. The van der Waals surface area contributed by atoms with Crippen molar-refractivity contribution in [2.45, 2.75) is 45.6 Å². The van der Waals surface area contributed by atoms with E-state index in [9.17, 15) is 4.79 Å². The van der Waals surface area contributed by atoms with Crippen LogP contribution in [-0.4, -0.2) is 24.6 Å². The number of aryl methyl sites for hydroxylation is 1. The summed E-state index contributed by atoms with van der Waals surface area (Å²) < 4.78 is 11.2. The third-order valence-electron chi connectivity index (χ3n) is 3.12. The van der Waals surface area contributed by atoms with Crippen molar-refractivity contribution in [3.63, 3.8) is 0 Å². The lowest BCUT2D eigenvalue weighted by Crippen LogP contribution is -2.22. The van der Waals surface area contributed by atoms with Gasteiger partial charge >= 0.3 is 0 Å². The molecule has 0 aromatic heterocycles. The number of carbonyl (C=O) groups is 1. The molecule has 1 aliphatic rings.